The largest absolute Gasteiger partial charge is 0.339 e. The number of amides is 2. The fraction of sp³-hybridized carbons (Fsp3) is 0.263. The summed E-state index contributed by atoms with van der Waals surface area (Å²) >= 11 is 6.01. The number of anilines is 1. The Bertz CT molecular complexity index is 912. The van der Waals surface area contributed by atoms with E-state index in [1.54, 1.807) is 4.90 Å². The molecule has 0 bridgehead atoms. The lowest BCUT2D eigenvalue weighted by atomic mass is 9.95. The zero-order valence-corrected chi connectivity index (χ0v) is 15.5. The minimum absolute atomic E-state index is 0.167. The third-order valence-electron chi connectivity index (χ3n) is 4.66. The standard InChI is InChI=1S/C19H17ClFN3O4/c20-16-6-5-15(24(27)28)11-17(16)22-18(25)12-7-9-23(10-8-12)19(26)13-1-3-14(21)4-2-13/h1-6,11-12H,7-10H2,(H,22,25). The molecular weight excluding hydrogens is 389 g/mol. The summed E-state index contributed by atoms with van der Waals surface area (Å²) in [6, 6.07) is 9.16. The summed E-state index contributed by atoms with van der Waals surface area (Å²) in [6.45, 7) is 0.772. The van der Waals surface area contributed by atoms with Gasteiger partial charge in [0, 0.05) is 36.7 Å². The van der Waals surface area contributed by atoms with Gasteiger partial charge in [0.05, 0.1) is 15.6 Å². The maximum atomic E-state index is 13.0. The number of rotatable bonds is 4. The number of carbonyl (C=O) groups is 2. The molecule has 2 aromatic rings. The number of carbonyl (C=O) groups excluding carboxylic acids is 2. The van der Waals surface area contributed by atoms with Crippen LogP contribution in [0.2, 0.25) is 5.02 Å². The number of nitro groups is 1. The Morgan fingerprint density at radius 2 is 1.79 bits per heavy atom. The molecular formula is C19H17ClFN3O4. The van der Waals surface area contributed by atoms with Crippen molar-refractivity contribution < 1.29 is 18.9 Å². The Hall–Kier alpha value is -3.00. The summed E-state index contributed by atoms with van der Waals surface area (Å²) in [4.78, 5) is 36.9. The number of non-ortho nitro benzene ring substituents is 1. The van der Waals surface area contributed by atoms with Crippen molar-refractivity contribution in [2.75, 3.05) is 18.4 Å². The monoisotopic (exact) mass is 405 g/mol. The van der Waals surface area contributed by atoms with Gasteiger partial charge in [-0.3, -0.25) is 19.7 Å². The molecule has 28 heavy (non-hydrogen) atoms. The molecule has 2 aromatic carbocycles. The minimum Gasteiger partial charge on any atom is -0.339 e. The lowest BCUT2D eigenvalue weighted by Crippen LogP contribution is -2.41. The Labute approximate surface area is 165 Å². The van der Waals surface area contributed by atoms with E-state index in [0.717, 1.165) is 0 Å². The molecule has 9 heteroatoms. The van der Waals surface area contributed by atoms with Crippen molar-refractivity contribution in [3.8, 4) is 0 Å². The lowest BCUT2D eigenvalue weighted by molar-refractivity contribution is -0.384. The number of piperidine rings is 1. The van der Waals surface area contributed by atoms with Gasteiger partial charge in [0.15, 0.2) is 0 Å². The van der Waals surface area contributed by atoms with Crippen LogP contribution in [0.5, 0.6) is 0 Å². The fourth-order valence-electron chi connectivity index (χ4n) is 3.08. The van der Waals surface area contributed by atoms with Crippen LogP contribution in [0, 0.1) is 21.8 Å². The zero-order valence-electron chi connectivity index (χ0n) is 14.7. The molecule has 0 aromatic heterocycles. The van der Waals surface area contributed by atoms with Crippen LogP contribution in [-0.4, -0.2) is 34.7 Å². The Balaban J connectivity index is 1.59. The number of halogens is 2. The zero-order chi connectivity index (χ0) is 20.3. The summed E-state index contributed by atoms with van der Waals surface area (Å²) in [7, 11) is 0. The number of nitro benzene ring substituents is 1. The molecule has 1 heterocycles. The number of nitrogens with zero attached hydrogens (tertiary/aromatic N) is 2. The molecule has 0 saturated carbocycles. The van der Waals surface area contributed by atoms with Gasteiger partial charge in [-0.05, 0) is 43.2 Å². The molecule has 0 unspecified atom stereocenters. The average molecular weight is 406 g/mol. The first-order valence-electron chi connectivity index (χ1n) is 8.65. The van der Waals surface area contributed by atoms with Gasteiger partial charge in [0.25, 0.3) is 11.6 Å². The van der Waals surface area contributed by atoms with Gasteiger partial charge >= 0.3 is 0 Å². The summed E-state index contributed by atoms with van der Waals surface area (Å²) in [5, 5.41) is 13.7. The van der Waals surface area contributed by atoms with Crippen molar-refractivity contribution in [3.05, 3.63) is 69.0 Å². The molecule has 1 saturated heterocycles. The maximum absolute atomic E-state index is 13.0. The molecule has 0 atom stereocenters. The van der Waals surface area contributed by atoms with Crippen LogP contribution in [0.25, 0.3) is 0 Å². The molecule has 0 radical (unpaired) electrons. The summed E-state index contributed by atoms with van der Waals surface area (Å²) in [5.41, 5.74) is 0.415. The van der Waals surface area contributed by atoms with Crippen LogP contribution >= 0.6 is 11.6 Å². The topological polar surface area (TPSA) is 92.5 Å². The minimum atomic E-state index is -0.564. The van der Waals surface area contributed by atoms with Crippen molar-refractivity contribution in [1.82, 2.24) is 4.90 Å². The van der Waals surface area contributed by atoms with Crippen LogP contribution in [0.3, 0.4) is 0 Å². The van der Waals surface area contributed by atoms with Gasteiger partial charge in [0.2, 0.25) is 5.91 Å². The van der Waals surface area contributed by atoms with Gasteiger partial charge in [-0.1, -0.05) is 11.6 Å². The van der Waals surface area contributed by atoms with Gasteiger partial charge in [-0.25, -0.2) is 4.39 Å². The van der Waals surface area contributed by atoms with Gasteiger partial charge in [0.1, 0.15) is 5.82 Å². The van der Waals surface area contributed by atoms with Crippen molar-refractivity contribution >= 4 is 34.8 Å². The first-order valence-corrected chi connectivity index (χ1v) is 9.02. The molecule has 1 N–H and O–H groups in total. The second-order valence-electron chi connectivity index (χ2n) is 6.48. The number of benzene rings is 2. The Kier molecular flexibility index (Phi) is 5.89. The second-order valence-corrected chi connectivity index (χ2v) is 6.89. The second kappa shape index (κ2) is 8.35. The fourth-order valence-corrected chi connectivity index (χ4v) is 3.24. The van der Waals surface area contributed by atoms with Gasteiger partial charge < -0.3 is 10.2 Å². The highest BCUT2D eigenvalue weighted by atomic mass is 35.5. The Morgan fingerprint density at radius 1 is 1.14 bits per heavy atom. The van der Waals surface area contributed by atoms with Crippen LogP contribution in [0.1, 0.15) is 23.2 Å². The number of hydrogen-bond donors (Lipinski definition) is 1. The van der Waals surface area contributed by atoms with Crippen LogP contribution < -0.4 is 5.32 Å². The van der Waals surface area contributed by atoms with E-state index in [-0.39, 0.29) is 34.1 Å². The lowest BCUT2D eigenvalue weighted by Gasteiger charge is -2.31. The highest BCUT2D eigenvalue weighted by Gasteiger charge is 2.28. The SMILES string of the molecule is O=C(Nc1cc([N+](=O)[O-])ccc1Cl)C1CCN(C(=O)c2ccc(F)cc2)CC1. The van der Waals surface area contributed by atoms with Crippen LogP contribution in [0.15, 0.2) is 42.5 Å². The number of likely N-dealkylation sites (tertiary alicyclic amines) is 1. The molecule has 1 fully saturated rings. The summed E-state index contributed by atoms with van der Waals surface area (Å²) in [5.74, 6) is -1.25. The van der Waals surface area contributed by atoms with E-state index in [1.807, 2.05) is 0 Å². The molecule has 7 nitrogen and oxygen atoms in total. The third kappa shape index (κ3) is 4.45. The van der Waals surface area contributed by atoms with Crippen molar-refractivity contribution in [2.24, 2.45) is 5.92 Å². The van der Waals surface area contributed by atoms with Crippen LogP contribution in [0.4, 0.5) is 15.8 Å². The van der Waals surface area contributed by atoms with E-state index in [0.29, 0.717) is 31.5 Å². The van der Waals surface area contributed by atoms with E-state index >= 15 is 0 Å². The number of hydrogen-bond acceptors (Lipinski definition) is 4. The van der Waals surface area contributed by atoms with Gasteiger partial charge in [-0.2, -0.15) is 0 Å². The highest BCUT2D eigenvalue weighted by Crippen LogP contribution is 2.28. The first-order chi connectivity index (χ1) is 13.3. The molecule has 2 amide bonds. The molecule has 3 rings (SSSR count). The van der Waals surface area contributed by atoms with Gasteiger partial charge in [-0.15, -0.1) is 0 Å². The van der Waals surface area contributed by atoms with E-state index in [9.17, 15) is 24.1 Å². The predicted octanol–water partition coefficient (Wildman–Crippen LogP) is 3.88. The van der Waals surface area contributed by atoms with E-state index in [1.165, 1.54) is 42.5 Å². The third-order valence-corrected chi connectivity index (χ3v) is 4.99. The normalized spacial score (nSPS) is 14.6. The van der Waals surface area contributed by atoms with Crippen LogP contribution in [-0.2, 0) is 4.79 Å². The highest BCUT2D eigenvalue weighted by molar-refractivity contribution is 6.33. The predicted molar refractivity (Wildman–Crippen MR) is 102 cm³/mol. The van der Waals surface area contributed by atoms with Crippen molar-refractivity contribution in [1.29, 1.82) is 0 Å². The molecule has 1 aliphatic heterocycles. The smallest absolute Gasteiger partial charge is 0.271 e. The molecule has 0 spiro atoms. The molecule has 0 aliphatic carbocycles. The average Bonchev–Trinajstić information content (AvgIpc) is 2.69. The number of nitrogens with one attached hydrogen (secondary N) is 1. The quantitative estimate of drug-likeness (QED) is 0.617. The summed E-state index contributed by atoms with van der Waals surface area (Å²) < 4.78 is 13.0. The Morgan fingerprint density at radius 3 is 2.39 bits per heavy atom. The maximum Gasteiger partial charge on any atom is 0.271 e. The van der Waals surface area contributed by atoms with Crippen molar-refractivity contribution in [2.45, 2.75) is 12.8 Å². The molecule has 146 valence electrons. The van der Waals surface area contributed by atoms with Crippen molar-refractivity contribution in [3.63, 3.8) is 0 Å². The first kappa shape index (κ1) is 19.8. The van der Waals surface area contributed by atoms with E-state index in [2.05, 4.69) is 5.32 Å². The van der Waals surface area contributed by atoms with E-state index < -0.39 is 10.7 Å². The van der Waals surface area contributed by atoms with E-state index in [4.69, 9.17) is 11.6 Å². The summed E-state index contributed by atoms with van der Waals surface area (Å²) in [6.07, 6.45) is 0.899. The molecule has 1 aliphatic rings.